The molecule has 1 aliphatic heterocycles. The third-order valence-electron chi connectivity index (χ3n) is 5.20. The summed E-state index contributed by atoms with van der Waals surface area (Å²) in [7, 11) is 0. The highest BCUT2D eigenvalue weighted by molar-refractivity contribution is 7.19. The molecule has 5 nitrogen and oxygen atoms in total. The number of nitrogens with zero attached hydrogens (tertiary/aromatic N) is 3. The Morgan fingerprint density at radius 1 is 1.39 bits per heavy atom. The first-order valence-electron chi connectivity index (χ1n) is 8.43. The molecule has 0 saturated carbocycles. The maximum absolute atomic E-state index is 11.6. The minimum Gasteiger partial charge on any atom is -0.369 e. The number of fused-ring (bicyclic) bond motifs is 3. The lowest BCUT2D eigenvalue weighted by Gasteiger charge is -2.32. The zero-order valence-electron chi connectivity index (χ0n) is 13.4. The molecule has 1 saturated heterocycles. The summed E-state index contributed by atoms with van der Waals surface area (Å²) in [5.74, 6) is 1.50. The van der Waals surface area contributed by atoms with E-state index >= 15 is 0 Å². The summed E-state index contributed by atoms with van der Waals surface area (Å²) in [6.45, 7) is 3.95. The lowest BCUT2D eigenvalue weighted by molar-refractivity contribution is -0.122. The van der Waals surface area contributed by atoms with Gasteiger partial charge in [0.05, 0.1) is 11.3 Å². The standard InChI is InChI=1S/C17H22N4OS/c1-10-4-5-12-13(7-10)23-17-14(12)16(19-9-20-17)21-6-2-3-11(8-21)15(18)22/h9-11H,2-8H2,1H3,(H2,18,22). The van der Waals surface area contributed by atoms with Crippen molar-refractivity contribution in [1.29, 1.82) is 0 Å². The zero-order valence-corrected chi connectivity index (χ0v) is 14.2. The molecule has 4 rings (SSSR count). The lowest BCUT2D eigenvalue weighted by Crippen LogP contribution is -2.41. The third-order valence-corrected chi connectivity index (χ3v) is 6.36. The number of hydrogen-bond donors (Lipinski definition) is 1. The van der Waals surface area contributed by atoms with E-state index in [2.05, 4.69) is 21.8 Å². The molecular formula is C17H22N4OS. The largest absolute Gasteiger partial charge is 0.369 e. The molecule has 122 valence electrons. The van der Waals surface area contributed by atoms with Gasteiger partial charge in [-0.05, 0) is 43.6 Å². The Bertz CT molecular complexity index is 756. The number of amides is 1. The summed E-state index contributed by atoms with van der Waals surface area (Å²) >= 11 is 1.82. The summed E-state index contributed by atoms with van der Waals surface area (Å²) in [6.07, 6.45) is 7.04. The highest BCUT2D eigenvalue weighted by Gasteiger charge is 2.29. The van der Waals surface area contributed by atoms with E-state index in [1.165, 1.54) is 22.2 Å². The predicted octanol–water partition coefficient (Wildman–Crippen LogP) is 2.52. The molecule has 2 aromatic heterocycles. The summed E-state index contributed by atoms with van der Waals surface area (Å²) in [6, 6.07) is 0. The first-order valence-corrected chi connectivity index (χ1v) is 9.24. The Morgan fingerprint density at radius 2 is 2.26 bits per heavy atom. The van der Waals surface area contributed by atoms with Crippen molar-refractivity contribution in [2.24, 2.45) is 17.6 Å². The number of carbonyl (C=O) groups is 1. The number of aromatic nitrogens is 2. The molecule has 23 heavy (non-hydrogen) atoms. The summed E-state index contributed by atoms with van der Waals surface area (Å²) in [5.41, 5.74) is 6.97. The molecule has 2 N–H and O–H groups in total. The topological polar surface area (TPSA) is 72.1 Å². The number of primary amides is 1. The molecule has 0 bridgehead atoms. The second kappa shape index (κ2) is 5.74. The van der Waals surface area contributed by atoms with Crippen molar-refractivity contribution < 1.29 is 4.79 Å². The average Bonchev–Trinajstić information content (AvgIpc) is 2.92. The van der Waals surface area contributed by atoms with E-state index in [0.717, 1.165) is 48.8 Å². The molecule has 0 radical (unpaired) electrons. The van der Waals surface area contributed by atoms with Crippen molar-refractivity contribution in [2.75, 3.05) is 18.0 Å². The fourth-order valence-electron chi connectivity index (χ4n) is 3.90. The van der Waals surface area contributed by atoms with Crippen LogP contribution in [-0.2, 0) is 17.6 Å². The van der Waals surface area contributed by atoms with Crippen LogP contribution in [0.25, 0.3) is 10.2 Å². The minimum absolute atomic E-state index is 0.0664. The molecule has 2 atom stereocenters. The Labute approximate surface area is 139 Å². The zero-order chi connectivity index (χ0) is 16.0. The Balaban J connectivity index is 1.77. The van der Waals surface area contributed by atoms with E-state index in [4.69, 9.17) is 5.73 Å². The fourth-order valence-corrected chi connectivity index (χ4v) is 5.24. The van der Waals surface area contributed by atoms with Gasteiger partial charge in [0.15, 0.2) is 0 Å². The molecule has 1 fully saturated rings. The van der Waals surface area contributed by atoms with E-state index < -0.39 is 0 Å². The van der Waals surface area contributed by atoms with Gasteiger partial charge in [0.25, 0.3) is 0 Å². The van der Waals surface area contributed by atoms with Gasteiger partial charge in [-0.15, -0.1) is 11.3 Å². The highest BCUT2D eigenvalue weighted by Crippen LogP contribution is 2.41. The number of carbonyl (C=O) groups excluding carboxylic acids is 1. The number of nitrogens with two attached hydrogens (primary N) is 1. The molecule has 2 aromatic rings. The van der Waals surface area contributed by atoms with Gasteiger partial charge in [-0.1, -0.05) is 6.92 Å². The molecule has 2 aliphatic rings. The van der Waals surface area contributed by atoms with E-state index in [1.54, 1.807) is 6.33 Å². The van der Waals surface area contributed by atoms with Gasteiger partial charge in [-0.25, -0.2) is 9.97 Å². The van der Waals surface area contributed by atoms with Gasteiger partial charge in [0, 0.05) is 18.0 Å². The summed E-state index contributed by atoms with van der Waals surface area (Å²) in [4.78, 5) is 25.5. The van der Waals surface area contributed by atoms with Crippen molar-refractivity contribution >= 4 is 33.3 Å². The van der Waals surface area contributed by atoms with Crippen LogP contribution in [0.2, 0.25) is 0 Å². The quantitative estimate of drug-likeness (QED) is 0.918. The van der Waals surface area contributed by atoms with Crippen LogP contribution in [0.1, 0.15) is 36.6 Å². The fraction of sp³-hybridized carbons (Fsp3) is 0.588. The van der Waals surface area contributed by atoms with Crippen LogP contribution in [-0.4, -0.2) is 29.0 Å². The van der Waals surface area contributed by atoms with Crippen molar-refractivity contribution in [1.82, 2.24) is 9.97 Å². The van der Waals surface area contributed by atoms with Crippen LogP contribution in [0.3, 0.4) is 0 Å². The SMILES string of the molecule is CC1CCc2c(sc3ncnc(N4CCCC(C(N)=O)C4)c23)C1. The second-order valence-electron chi connectivity index (χ2n) is 6.92. The number of thiophene rings is 1. The summed E-state index contributed by atoms with van der Waals surface area (Å²) < 4.78 is 0. The highest BCUT2D eigenvalue weighted by atomic mass is 32.1. The van der Waals surface area contributed by atoms with Crippen molar-refractivity contribution in [3.63, 3.8) is 0 Å². The lowest BCUT2D eigenvalue weighted by atomic mass is 9.89. The molecule has 0 spiro atoms. The van der Waals surface area contributed by atoms with Gasteiger partial charge in [-0.2, -0.15) is 0 Å². The first-order chi connectivity index (χ1) is 11.1. The van der Waals surface area contributed by atoms with Crippen molar-refractivity contribution in [3.05, 3.63) is 16.8 Å². The average molecular weight is 330 g/mol. The Kier molecular flexibility index (Phi) is 3.71. The predicted molar refractivity (Wildman–Crippen MR) is 92.7 cm³/mol. The molecular weight excluding hydrogens is 308 g/mol. The maximum Gasteiger partial charge on any atom is 0.222 e. The minimum atomic E-state index is -0.193. The smallest absolute Gasteiger partial charge is 0.222 e. The van der Waals surface area contributed by atoms with Crippen molar-refractivity contribution in [3.8, 4) is 0 Å². The monoisotopic (exact) mass is 330 g/mol. The second-order valence-corrected chi connectivity index (χ2v) is 8.00. The van der Waals surface area contributed by atoms with E-state index in [-0.39, 0.29) is 11.8 Å². The van der Waals surface area contributed by atoms with Crippen LogP contribution in [0, 0.1) is 11.8 Å². The number of hydrogen-bond acceptors (Lipinski definition) is 5. The van der Waals surface area contributed by atoms with Gasteiger partial charge in [0.2, 0.25) is 5.91 Å². The van der Waals surface area contributed by atoms with Crippen LogP contribution >= 0.6 is 11.3 Å². The maximum atomic E-state index is 11.6. The van der Waals surface area contributed by atoms with Gasteiger partial charge >= 0.3 is 0 Å². The molecule has 1 aliphatic carbocycles. The van der Waals surface area contributed by atoms with Crippen LogP contribution in [0.5, 0.6) is 0 Å². The van der Waals surface area contributed by atoms with E-state index in [1.807, 2.05) is 11.3 Å². The Morgan fingerprint density at radius 3 is 3.09 bits per heavy atom. The first kappa shape index (κ1) is 14.9. The van der Waals surface area contributed by atoms with Gasteiger partial charge < -0.3 is 10.6 Å². The van der Waals surface area contributed by atoms with Gasteiger partial charge in [-0.3, -0.25) is 4.79 Å². The molecule has 1 amide bonds. The van der Waals surface area contributed by atoms with Crippen LogP contribution in [0.15, 0.2) is 6.33 Å². The number of piperidine rings is 1. The number of aryl methyl sites for hydroxylation is 1. The van der Waals surface area contributed by atoms with Gasteiger partial charge in [0.1, 0.15) is 17.0 Å². The van der Waals surface area contributed by atoms with E-state index in [0.29, 0.717) is 6.54 Å². The molecule has 3 heterocycles. The summed E-state index contributed by atoms with van der Waals surface area (Å²) in [5, 5.41) is 1.23. The molecule has 0 aromatic carbocycles. The number of rotatable bonds is 2. The molecule has 6 heteroatoms. The molecule has 2 unspecified atom stereocenters. The van der Waals surface area contributed by atoms with Crippen LogP contribution in [0.4, 0.5) is 5.82 Å². The van der Waals surface area contributed by atoms with E-state index in [9.17, 15) is 4.79 Å². The van der Waals surface area contributed by atoms with Crippen molar-refractivity contribution in [2.45, 2.75) is 39.0 Å². The third kappa shape index (κ3) is 2.59. The normalized spacial score (nSPS) is 24.7. The number of anilines is 1. The van der Waals surface area contributed by atoms with Crippen LogP contribution < -0.4 is 10.6 Å². The Hall–Kier alpha value is -1.69.